The van der Waals surface area contributed by atoms with Crippen LogP contribution < -0.4 is 5.32 Å². The van der Waals surface area contributed by atoms with Crippen LogP contribution in [0.3, 0.4) is 0 Å². The Morgan fingerprint density at radius 2 is 1.96 bits per heavy atom. The lowest BCUT2D eigenvalue weighted by atomic mass is 10.1. The van der Waals surface area contributed by atoms with E-state index >= 15 is 0 Å². The van der Waals surface area contributed by atoms with Crippen LogP contribution in [0.4, 0.5) is 4.39 Å². The topological polar surface area (TPSA) is 57.8 Å². The van der Waals surface area contributed by atoms with Gasteiger partial charge in [-0.3, -0.25) is 9.78 Å². The fourth-order valence-corrected chi connectivity index (χ4v) is 9.82. The van der Waals surface area contributed by atoms with Crippen LogP contribution in [-0.4, -0.2) is 30.0 Å². The molecule has 2 aliphatic rings. The summed E-state index contributed by atoms with van der Waals surface area (Å²) < 4.78 is 13.7. The number of carbonyl (C=O) groups excluding carboxylic acids is 1. The smallest absolute Gasteiger partial charge is 0.267 e. The lowest BCUT2D eigenvalue weighted by Gasteiger charge is -2.35. The van der Waals surface area contributed by atoms with Crippen molar-refractivity contribution in [2.24, 2.45) is 0 Å². The Kier molecular flexibility index (Phi) is 3.71. The minimum absolute atomic E-state index is 0.130. The number of nitrogens with one attached hydrogen (secondary N) is 2. The van der Waals surface area contributed by atoms with Crippen molar-refractivity contribution in [1.82, 2.24) is 15.3 Å². The first-order valence-corrected chi connectivity index (χ1v) is 11.4. The van der Waals surface area contributed by atoms with Gasteiger partial charge in [0, 0.05) is 11.4 Å². The summed E-state index contributed by atoms with van der Waals surface area (Å²) >= 11 is 0. The number of hydrogen-bond acceptors (Lipinski definition) is 2. The van der Waals surface area contributed by atoms with Gasteiger partial charge in [-0.1, -0.05) is 37.0 Å². The van der Waals surface area contributed by atoms with E-state index in [1.165, 1.54) is 43.2 Å². The Morgan fingerprint density at radius 3 is 2.65 bits per heavy atom. The summed E-state index contributed by atoms with van der Waals surface area (Å²) in [7, 11) is -0.942. The van der Waals surface area contributed by atoms with Crippen LogP contribution in [0.2, 0.25) is 24.2 Å². The quantitative estimate of drug-likeness (QED) is 0.822. The number of pyridine rings is 1. The van der Waals surface area contributed by atoms with Crippen molar-refractivity contribution in [2.75, 3.05) is 0 Å². The molecule has 0 unspecified atom stereocenters. The van der Waals surface area contributed by atoms with Gasteiger partial charge in [-0.2, -0.15) is 0 Å². The van der Waals surface area contributed by atoms with Crippen LogP contribution in [0, 0.1) is 5.82 Å². The van der Waals surface area contributed by atoms with Gasteiger partial charge in [-0.25, -0.2) is 4.39 Å². The number of aromatic nitrogens is 2. The summed E-state index contributed by atoms with van der Waals surface area (Å²) in [5.74, 6) is -0.528. The zero-order chi connectivity index (χ0) is 15.9. The molecule has 2 saturated heterocycles. The van der Waals surface area contributed by atoms with Crippen LogP contribution >= 0.6 is 0 Å². The van der Waals surface area contributed by atoms with Gasteiger partial charge in [0.05, 0.1) is 26.0 Å². The number of hydrogen-bond donors (Lipinski definition) is 2. The van der Waals surface area contributed by atoms with E-state index in [0.29, 0.717) is 16.6 Å². The molecule has 4 nitrogen and oxygen atoms in total. The molecule has 0 bridgehead atoms. The van der Waals surface area contributed by atoms with E-state index in [4.69, 9.17) is 0 Å². The van der Waals surface area contributed by atoms with Crippen molar-refractivity contribution in [2.45, 2.75) is 55.9 Å². The number of fused-ring (bicyclic) bond motifs is 1. The summed E-state index contributed by atoms with van der Waals surface area (Å²) in [5.41, 5.74) is 0.987. The molecule has 2 aromatic rings. The van der Waals surface area contributed by atoms with Gasteiger partial charge in [-0.05, 0) is 18.9 Å². The molecule has 0 radical (unpaired) electrons. The van der Waals surface area contributed by atoms with Crippen molar-refractivity contribution >= 4 is 24.9 Å². The van der Waals surface area contributed by atoms with E-state index in [1.807, 2.05) is 0 Å². The first-order valence-electron chi connectivity index (χ1n) is 8.58. The van der Waals surface area contributed by atoms with Gasteiger partial charge in [0.15, 0.2) is 5.82 Å². The molecule has 0 saturated carbocycles. The van der Waals surface area contributed by atoms with E-state index in [2.05, 4.69) is 15.3 Å². The van der Waals surface area contributed by atoms with Crippen molar-refractivity contribution in [3.8, 4) is 0 Å². The number of nitrogens with zero attached hydrogens (tertiary/aromatic N) is 1. The molecule has 1 amide bonds. The van der Waals surface area contributed by atoms with Crippen molar-refractivity contribution in [1.29, 1.82) is 0 Å². The van der Waals surface area contributed by atoms with E-state index < -0.39 is 13.9 Å². The molecule has 2 aliphatic heterocycles. The van der Waals surface area contributed by atoms with Gasteiger partial charge in [-0.15, -0.1) is 0 Å². The predicted molar refractivity (Wildman–Crippen MR) is 90.8 cm³/mol. The van der Waals surface area contributed by atoms with E-state index in [0.717, 1.165) is 12.8 Å². The van der Waals surface area contributed by atoms with Crippen LogP contribution in [0.1, 0.15) is 36.2 Å². The Bertz CT molecular complexity index is 729. The predicted octanol–water partition coefficient (Wildman–Crippen LogP) is 3.84. The lowest BCUT2D eigenvalue weighted by Crippen LogP contribution is -2.43. The maximum atomic E-state index is 13.7. The average Bonchev–Trinajstić information content (AvgIpc) is 3.18. The first kappa shape index (κ1) is 14.9. The highest BCUT2D eigenvalue weighted by atomic mass is 28.3. The maximum absolute atomic E-state index is 13.7. The Balaban J connectivity index is 1.42. The van der Waals surface area contributed by atoms with Crippen molar-refractivity contribution in [3.05, 3.63) is 30.0 Å². The minimum Gasteiger partial charge on any atom is -0.349 e. The third-order valence-corrected chi connectivity index (χ3v) is 11.3. The number of H-pyrrole nitrogens is 1. The largest absolute Gasteiger partial charge is 0.349 e. The molecule has 4 heterocycles. The molecule has 23 heavy (non-hydrogen) atoms. The van der Waals surface area contributed by atoms with Crippen molar-refractivity contribution in [3.63, 3.8) is 0 Å². The fourth-order valence-electron chi connectivity index (χ4n) is 4.40. The Hall–Kier alpha value is -1.69. The van der Waals surface area contributed by atoms with Crippen LogP contribution in [-0.2, 0) is 0 Å². The second-order valence-corrected chi connectivity index (χ2v) is 12.2. The Labute approximate surface area is 135 Å². The molecule has 0 aromatic carbocycles. The molecule has 6 heteroatoms. The molecule has 4 rings (SSSR count). The number of carbonyl (C=O) groups is 1. The van der Waals surface area contributed by atoms with Crippen LogP contribution in [0.25, 0.3) is 10.9 Å². The van der Waals surface area contributed by atoms with Gasteiger partial charge in [0.2, 0.25) is 0 Å². The van der Waals surface area contributed by atoms with E-state index in [-0.39, 0.29) is 11.9 Å². The fraction of sp³-hybridized carbons (Fsp3) is 0.529. The molecule has 1 spiro atoms. The minimum atomic E-state index is -0.942. The highest BCUT2D eigenvalue weighted by Crippen LogP contribution is 2.42. The summed E-state index contributed by atoms with van der Waals surface area (Å²) in [4.78, 5) is 19.2. The van der Waals surface area contributed by atoms with Crippen LogP contribution in [0.5, 0.6) is 0 Å². The SMILES string of the molecule is O=C(NC1CC[Si]2(CCCC2)CC1)c1cc2c(F)cncc2[nH]1. The summed E-state index contributed by atoms with van der Waals surface area (Å²) in [6.07, 6.45) is 7.81. The number of aromatic amines is 1. The highest BCUT2D eigenvalue weighted by Gasteiger charge is 2.39. The summed E-state index contributed by atoms with van der Waals surface area (Å²) in [6.45, 7) is 0. The molecular weight excluding hydrogens is 309 g/mol. The van der Waals surface area contributed by atoms with Gasteiger partial charge >= 0.3 is 0 Å². The summed E-state index contributed by atoms with van der Waals surface area (Å²) in [6, 6.07) is 7.59. The number of rotatable bonds is 2. The van der Waals surface area contributed by atoms with E-state index in [1.54, 1.807) is 12.3 Å². The molecule has 0 aliphatic carbocycles. The molecule has 2 fully saturated rings. The second kappa shape index (κ2) is 5.74. The Morgan fingerprint density at radius 1 is 1.22 bits per heavy atom. The molecule has 2 aromatic heterocycles. The van der Waals surface area contributed by atoms with Gasteiger partial charge < -0.3 is 10.3 Å². The average molecular weight is 331 g/mol. The number of amides is 1. The monoisotopic (exact) mass is 331 g/mol. The van der Waals surface area contributed by atoms with Crippen molar-refractivity contribution < 1.29 is 9.18 Å². The molecule has 0 atom stereocenters. The first-order chi connectivity index (χ1) is 11.2. The highest BCUT2D eigenvalue weighted by molar-refractivity contribution is 6.80. The normalized spacial score (nSPS) is 21.1. The number of halogens is 1. The van der Waals surface area contributed by atoms with Crippen LogP contribution in [0.15, 0.2) is 18.5 Å². The standard InChI is InChI=1S/C17H22FN3OSi/c18-14-10-19-11-16-13(14)9-15(21-16)17(22)20-12-3-7-23(8-4-12)5-1-2-6-23/h9-12,21H,1-8H2,(H,20,22). The third kappa shape index (κ3) is 2.80. The lowest BCUT2D eigenvalue weighted by molar-refractivity contribution is 0.0929. The van der Waals surface area contributed by atoms with Gasteiger partial charge in [0.1, 0.15) is 5.69 Å². The second-order valence-electron chi connectivity index (χ2n) is 7.22. The third-order valence-electron chi connectivity index (χ3n) is 5.79. The zero-order valence-corrected chi connectivity index (χ0v) is 14.2. The van der Waals surface area contributed by atoms with Gasteiger partial charge in [0.25, 0.3) is 5.91 Å². The molecule has 2 N–H and O–H groups in total. The maximum Gasteiger partial charge on any atom is 0.267 e. The zero-order valence-electron chi connectivity index (χ0n) is 13.2. The van der Waals surface area contributed by atoms with E-state index in [9.17, 15) is 9.18 Å². The molecule has 122 valence electrons. The molecular formula is C17H22FN3OSi. The summed E-state index contributed by atoms with van der Waals surface area (Å²) in [5, 5.41) is 3.55.